The summed E-state index contributed by atoms with van der Waals surface area (Å²) >= 11 is 0. The lowest BCUT2D eigenvalue weighted by Gasteiger charge is -2.32. The van der Waals surface area contributed by atoms with E-state index in [2.05, 4.69) is 92.0 Å². The minimum atomic E-state index is -0.535. The number of aryl methyl sites for hydroxylation is 13. The summed E-state index contributed by atoms with van der Waals surface area (Å²) in [6, 6.07) is 96.0. The number of nitrogens with zero attached hydrogens (tertiary/aromatic N) is 3. The number of aromatic nitrogens is 1. The maximum atomic E-state index is 16.0. The third-order valence-corrected chi connectivity index (χ3v) is 28.5. The fraction of sp³-hybridized carbons (Fsp3) is 0.130. The van der Waals surface area contributed by atoms with E-state index in [1.165, 1.54) is 37.7 Å². The molecule has 4 heterocycles. The van der Waals surface area contributed by atoms with Crippen molar-refractivity contribution in [3.63, 3.8) is 0 Å². The summed E-state index contributed by atoms with van der Waals surface area (Å²) in [7, 11) is 0. The molecule has 1 aromatic heterocycles. The summed E-state index contributed by atoms with van der Waals surface area (Å²) in [4.78, 5) is 87.3. The van der Waals surface area contributed by atoms with Crippen molar-refractivity contribution in [1.29, 1.82) is 0 Å². The van der Waals surface area contributed by atoms with E-state index < -0.39 is 23.6 Å². The van der Waals surface area contributed by atoms with Gasteiger partial charge in [0.25, 0.3) is 23.6 Å². The first-order valence-corrected chi connectivity index (χ1v) is 49.1. The molecule has 146 heavy (non-hydrogen) atoms. The first kappa shape index (κ1) is 91.6. The lowest BCUT2D eigenvalue weighted by Crippen LogP contribution is -2.41. The lowest BCUT2D eigenvalue weighted by molar-refractivity contribution is 0.0877. The normalized spacial score (nSPS) is 13.4. The molecule has 0 saturated heterocycles. The first-order chi connectivity index (χ1) is 70.8. The summed E-state index contributed by atoms with van der Waals surface area (Å²) in [5.74, 6) is 17.9. The molecule has 3 aliphatic rings. The Morgan fingerprint density at radius 2 is 0.610 bits per heavy atom. The van der Waals surface area contributed by atoms with E-state index in [1.807, 2.05) is 300 Å². The highest BCUT2D eigenvalue weighted by Gasteiger charge is 2.43. The molecular formula is C131H98N4O11. The number of amides is 4. The Morgan fingerprint density at radius 3 is 0.911 bits per heavy atom. The molecule has 3 aliphatic heterocycles. The molecule has 15 heteroatoms. The van der Waals surface area contributed by atoms with E-state index in [-0.39, 0.29) is 22.3 Å². The Labute approximate surface area is 844 Å². The van der Waals surface area contributed by atoms with Gasteiger partial charge < -0.3 is 33.4 Å². The Balaban J connectivity index is 0.000000523. The number of H-pyrrole nitrogens is 1. The molecule has 0 saturated carbocycles. The molecule has 0 bridgehead atoms. The van der Waals surface area contributed by atoms with Crippen LogP contribution in [0.25, 0.3) is 86.2 Å². The minimum absolute atomic E-state index is 0.270. The van der Waals surface area contributed by atoms with Gasteiger partial charge >= 0.3 is 0 Å². The molecule has 24 rings (SSSR count). The molecular weight excluding hydrogens is 1810 g/mol. The quantitative estimate of drug-likeness (QED) is 0.0284. The number of benzene rings is 20. The van der Waals surface area contributed by atoms with Crippen LogP contribution in [0.5, 0.6) is 69.0 Å². The summed E-state index contributed by atoms with van der Waals surface area (Å²) in [5, 5.41) is 11.8. The first-order valence-electron chi connectivity index (χ1n) is 49.1. The molecule has 0 fully saturated rings. The highest BCUT2D eigenvalue weighted by atomic mass is 16.5. The van der Waals surface area contributed by atoms with E-state index >= 15 is 19.2 Å². The van der Waals surface area contributed by atoms with Crippen LogP contribution >= 0.6 is 0 Å². The Morgan fingerprint density at radius 1 is 0.301 bits per heavy atom. The minimum Gasteiger partial charge on any atom is -0.457 e. The number of aromatic amines is 1. The zero-order chi connectivity index (χ0) is 100. The lowest BCUT2D eigenvalue weighted by atomic mass is 9.82. The van der Waals surface area contributed by atoms with Crippen LogP contribution < -0.4 is 38.2 Å². The molecule has 20 aromatic carbocycles. The van der Waals surface area contributed by atoms with Gasteiger partial charge in [-0.25, -0.2) is 9.80 Å². The van der Waals surface area contributed by atoms with Crippen LogP contribution in [0.15, 0.2) is 308 Å². The van der Waals surface area contributed by atoms with Crippen molar-refractivity contribution >= 4 is 134 Å². The van der Waals surface area contributed by atoms with E-state index in [4.69, 9.17) is 33.4 Å². The molecule has 15 nitrogen and oxygen atoms in total. The van der Waals surface area contributed by atoms with Gasteiger partial charge in [0.1, 0.15) is 75.3 Å². The van der Waals surface area contributed by atoms with Crippen molar-refractivity contribution in [3.8, 4) is 92.7 Å². The number of hydrogen-bond donors (Lipinski definition) is 1. The van der Waals surface area contributed by atoms with Crippen LogP contribution in [0.3, 0.4) is 0 Å². The van der Waals surface area contributed by atoms with Gasteiger partial charge in [-0.3, -0.25) is 29.0 Å². The fourth-order valence-corrected chi connectivity index (χ4v) is 22.0. The predicted molar refractivity (Wildman–Crippen MR) is 586 cm³/mol. The van der Waals surface area contributed by atoms with Crippen molar-refractivity contribution < 1.29 is 52.4 Å². The maximum absolute atomic E-state index is 16.0. The fourth-order valence-electron chi connectivity index (χ4n) is 22.0. The van der Waals surface area contributed by atoms with Gasteiger partial charge in [-0.1, -0.05) is 184 Å². The number of fused-ring (bicyclic) bond motifs is 4. The summed E-state index contributed by atoms with van der Waals surface area (Å²) in [5.41, 5.74) is 20.1. The van der Waals surface area contributed by atoms with Crippen LogP contribution in [0.1, 0.15) is 176 Å². The standard InChI is InChI=1S/C113H76N2O11.C18H22N2/c1-61-17-33-76(34-18-61)121-92-47-45-86-98-82(92)13-11-15-84(98)102-94(123-78-37-21-63(3)22-38-78)56-88-100-90(58-96(104(86)106(100)102)125-80-41-25-65(5)26-42-80)112(119)114(110(88)117)108-67(7)49-71(50-68(108)8)29-31-73-53-74(55-75(54-73)60-116)32-30-72-51-69(9)109(70(10)52-72)115-111(118)89-57-95(124-79-39-23-64(4)24-40-79)103-85-16-12-14-83-93(122-77-35-19-62(2)20-36-77)48-46-87(99(83)85)105-97(126-81-43-27-66(6)28-44-81)59-91(113(115)120)101(89)107(103)105;1-12-10-13(2)17(14(3)11-12)18(15-6-4-8-19-15)16-7-5-9-20-16/h11-28,33-60H,1-10H3;4,6,8-11,16,18-19H,5,7H2,1-3H3. The second-order valence-electron chi connectivity index (χ2n) is 39.0. The Kier molecular flexibility index (Phi) is 23.0. The van der Waals surface area contributed by atoms with Gasteiger partial charge in [-0.15, -0.1) is 0 Å². The molecule has 1 N–H and O–H groups in total. The van der Waals surface area contributed by atoms with Crippen molar-refractivity contribution in [2.75, 3.05) is 9.80 Å². The molecule has 2 atom stereocenters. The number of carbonyl (C=O) groups excluding carboxylic acids is 5. The van der Waals surface area contributed by atoms with Gasteiger partial charge in [0.05, 0.1) is 39.7 Å². The number of anilines is 2. The highest BCUT2D eigenvalue weighted by Crippen LogP contribution is 2.58. The summed E-state index contributed by atoms with van der Waals surface area (Å²) in [6.07, 6.45) is 7.10. The van der Waals surface area contributed by atoms with E-state index in [9.17, 15) is 4.79 Å². The average Bonchev–Trinajstić information content (AvgIpc) is 0.948. The smallest absolute Gasteiger partial charge is 0.266 e. The Hall–Kier alpha value is -18.2. The number of hydrogen-bond acceptors (Lipinski definition) is 12. The number of rotatable bonds is 18. The molecule has 0 spiro atoms. The van der Waals surface area contributed by atoms with E-state index in [1.54, 1.807) is 36.4 Å². The van der Waals surface area contributed by atoms with Crippen LogP contribution in [0.4, 0.5) is 11.4 Å². The summed E-state index contributed by atoms with van der Waals surface area (Å²) in [6.45, 7) is 26.2. The van der Waals surface area contributed by atoms with Crippen LogP contribution in [-0.4, -0.2) is 47.2 Å². The number of aliphatic imine (C=N–C) groups is 1. The average molecular weight is 1900 g/mol. The van der Waals surface area contributed by atoms with Gasteiger partial charge in [0, 0.05) is 110 Å². The van der Waals surface area contributed by atoms with Gasteiger partial charge in [0.15, 0.2) is 0 Å². The third-order valence-electron chi connectivity index (χ3n) is 28.5. The van der Waals surface area contributed by atoms with Crippen LogP contribution in [-0.2, 0) is 0 Å². The van der Waals surface area contributed by atoms with E-state index in [0.29, 0.717) is 185 Å². The molecule has 708 valence electrons. The highest BCUT2D eigenvalue weighted by molar-refractivity contribution is 6.46. The molecule has 0 aliphatic carbocycles. The van der Waals surface area contributed by atoms with Crippen LogP contribution in [0.2, 0.25) is 0 Å². The van der Waals surface area contributed by atoms with Crippen molar-refractivity contribution in [3.05, 3.63) is 437 Å². The van der Waals surface area contributed by atoms with Crippen LogP contribution in [0, 0.1) is 114 Å². The second-order valence-corrected chi connectivity index (χ2v) is 39.0. The van der Waals surface area contributed by atoms with Gasteiger partial charge in [-0.2, -0.15) is 0 Å². The van der Waals surface area contributed by atoms with Gasteiger partial charge in [0.2, 0.25) is 0 Å². The topological polar surface area (TPSA) is 175 Å². The second kappa shape index (κ2) is 36.7. The number of carbonyl (C=O) groups is 5. The summed E-state index contributed by atoms with van der Waals surface area (Å²) < 4.78 is 41.5. The number of imide groups is 2. The van der Waals surface area contributed by atoms with Crippen molar-refractivity contribution in [1.82, 2.24) is 4.98 Å². The third kappa shape index (κ3) is 16.4. The molecule has 2 unspecified atom stereocenters. The number of nitrogens with one attached hydrogen (secondary N) is 1. The largest absolute Gasteiger partial charge is 0.457 e. The van der Waals surface area contributed by atoms with E-state index in [0.717, 1.165) is 95.6 Å². The maximum Gasteiger partial charge on any atom is 0.266 e. The SMILES string of the molecule is Cc1cc(C)c(C(c2ccc[nH]2)C2CCC=N2)c(C)c1.Cc1ccc(Oc2ccc3c4c(Oc5ccc(C)cc5)cc5c6c(cc(Oc7ccc(C)cc7)c(c7cccc2c73)c64)C(=O)N(c2c(C)cc(C#Cc3cc(C#Cc4cc(C)c(N6C(=O)c7cc(Oc8ccc(C)cc8)c8c9cccc%10c(Oc%11ccc(C)cc%11)ccc(c%11c(Oc%12ccc(C)cc%12)cc(c7c8%11)C6=O)c%109)c(C)c4)cc(C=O)c3)cc2C)C5=O)cc1. The number of ether oxygens (including phenoxy) is 6. The van der Waals surface area contributed by atoms with Gasteiger partial charge in [-0.05, 0) is 345 Å². The molecule has 21 aromatic rings. The number of aldehydes is 1. The molecule has 4 amide bonds. The predicted octanol–water partition coefficient (Wildman–Crippen LogP) is 32.1. The Bertz CT molecular complexity index is 8450. The monoisotopic (exact) mass is 1900 g/mol. The van der Waals surface area contributed by atoms with Crippen molar-refractivity contribution in [2.24, 2.45) is 4.99 Å². The molecule has 0 radical (unpaired) electrons. The van der Waals surface area contributed by atoms with Crippen molar-refractivity contribution in [2.45, 2.75) is 115 Å². The zero-order valence-electron chi connectivity index (χ0n) is 82.9. The zero-order valence-corrected chi connectivity index (χ0v) is 82.9.